The van der Waals surface area contributed by atoms with Crippen molar-refractivity contribution in [2.45, 2.75) is 19.7 Å². The van der Waals surface area contributed by atoms with E-state index in [1.807, 2.05) is 0 Å². The van der Waals surface area contributed by atoms with E-state index in [1.165, 1.54) is 11.3 Å². The maximum absolute atomic E-state index is 11.7. The fourth-order valence-corrected chi connectivity index (χ4v) is 1.57. The molecule has 0 bridgehead atoms. The molecule has 1 rings (SSSR count). The molecule has 0 unspecified atom stereocenters. The number of halogens is 3. The van der Waals surface area contributed by atoms with Gasteiger partial charge in [-0.3, -0.25) is 0 Å². The quantitative estimate of drug-likeness (QED) is 0.858. The number of alkyl halides is 3. The molecule has 0 aliphatic heterocycles. The van der Waals surface area contributed by atoms with E-state index in [9.17, 15) is 13.2 Å². The molecule has 0 aliphatic carbocycles. The van der Waals surface area contributed by atoms with E-state index < -0.39 is 12.8 Å². The molecular formula is C7H9F3N2OS. The van der Waals surface area contributed by atoms with Gasteiger partial charge in [-0.15, -0.1) is 11.3 Å². The van der Waals surface area contributed by atoms with Gasteiger partial charge in [-0.05, 0) is 6.92 Å². The van der Waals surface area contributed by atoms with Crippen molar-refractivity contribution in [1.82, 2.24) is 4.98 Å². The summed E-state index contributed by atoms with van der Waals surface area (Å²) in [5.74, 6) is 0.348. The molecule has 0 radical (unpaired) electrons. The van der Waals surface area contributed by atoms with Crippen LogP contribution < -0.4 is 5.73 Å². The highest BCUT2D eigenvalue weighted by Crippen LogP contribution is 2.21. The van der Waals surface area contributed by atoms with Crippen LogP contribution in [0.15, 0.2) is 0 Å². The second-order valence-corrected chi connectivity index (χ2v) is 3.94. The molecule has 1 heterocycles. The molecule has 3 nitrogen and oxygen atoms in total. The summed E-state index contributed by atoms with van der Waals surface area (Å²) in [6, 6.07) is 0. The number of anilines is 1. The number of aromatic nitrogens is 1. The smallest absolute Gasteiger partial charge is 0.383 e. The Labute approximate surface area is 82.7 Å². The first-order valence-corrected chi connectivity index (χ1v) is 4.56. The second kappa shape index (κ2) is 4.14. The Kier molecular flexibility index (Phi) is 3.33. The Hall–Kier alpha value is -0.820. The minimum atomic E-state index is -4.29. The third-order valence-corrected chi connectivity index (χ3v) is 2.33. The first kappa shape index (κ1) is 11.3. The Bertz CT molecular complexity index is 291. The van der Waals surface area contributed by atoms with Crippen molar-refractivity contribution in [2.24, 2.45) is 0 Å². The summed E-state index contributed by atoms with van der Waals surface area (Å²) in [7, 11) is 0. The molecule has 0 amide bonds. The molecule has 0 saturated carbocycles. The van der Waals surface area contributed by atoms with E-state index in [2.05, 4.69) is 9.72 Å². The van der Waals surface area contributed by atoms with Crippen LogP contribution in [0.3, 0.4) is 0 Å². The van der Waals surface area contributed by atoms with E-state index in [0.717, 1.165) is 4.88 Å². The monoisotopic (exact) mass is 226 g/mol. The summed E-state index contributed by atoms with van der Waals surface area (Å²) in [6.45, 7) is 0.341. The van der Waals surface area contributed by atoms with Crippen molar-refractivity contribution in [3.05, 3.63) is 9.88 Å². The highest BCUT2D eigenvalue weighted by molar-refractivity contribution is 7.12. The van der Waals surface area contributed by atoms with Crippen molar-refractivity contribution >= 4 is 17.2 Å². The van der Waals surface area contributed by atoms with Gasteiger partial charge in [0.1, 0.15) is 17.4 Å². The topological polar surface area (TPSA) is 48.1 Å². The molecule has 0 atom stereocenters. The number of nitrogen functional groups attached to an aromatic ring is 1. The predicted octanol–water partition coefficient (Wildman–Crippen LogP) is 2.11. The van der Waals surface area contributed by atoms with E-state index in [0.29, 0.717) is 10.8 Å². The van der Waals surface area contributed by atoms with Crippen LogP contribution in [0.5, 0.6) is 0 Å². The van der Waals surface area contributed by atoms with Crippen LogP contribution in [0.25, 0.3) is 0 Å². The van der Waals surface area contributed by atoms with Crippen molar-refractivity contribution < 1.29 is 17.9 Å². The molecule has 0 fully saturated rings. The van der Waals surface area contributed by atoms with Crippen LogP contribution >= 0.6 is 11.3 Å². The molecule has 14 heavy (non-hydrogen) atoms. The van der Waals surface area contributed by atoms with Gasteiger partial charge >= 0.3 is 6.18 Å². The average Bonchev–Trinajstić information content (AvgIpc) is 2.28. The number of rotatable bonds is 3. The number of hydrogen-bond donors (Lipinski definition) is 1. The summed E-state index contributed by atoms with van der Waals surface area (Å²) < 4.78 is 39.4. The van der Waals surface area contributed by atoms with Crippen molar-refractivity contribution in [1.29, 1.82) is 0 Å². The Morgan fingerprint density at radius 2 is 2.14 bits per heavy atom. The lowest BCUT2D eigenvalue weighted by Gasteiger charge is -2.05. The summed E-state index contributed by atoms with van der Waals surface area (Å²) in [5.41, 5.74) is 5.42. The highest BCUT2D eigenvalue weighted by atomic mass is 32.1. The number of ether oxygens (including phenoxy) is 1. The second-order valence-electron chi connectivity index (χ2n) is 2.66. The van der Waals surface area contributed by atoms with Crippen LogP contribution in [0.1, 0.15) is 9.88 Å². The van der Waals surface area contributed by atoms with Gasteiger partial charge < -0.3 is 10.5 Å². The lowest BCUT2D eigenvalue weighted by atomic mass is 10.6. The van der Waals surface area contributed by atoms with Crippen LogP contribution in [0, 0.1) is 6.92 Å². The number of nitrogens with zero attached hydrogens (tertiary/aromatic N) is 1. The highest BCUT2D eigenvalue weighted by Gasteiger charge is 2.27. The first-order chi connectivity index (χ1) is 6.38. The normalized spacial score (nSPS) is 12.0. The van der Waals surface area contributed by atoms with Crippen LogP contribution in [-0.2, 0) is 11.3 Å². The van der Waals surface area contributed by atoms with Crippen LogP contribution in [0.4, 0.5) is 19.0 Å². The van der Waals surface area contributed by atoms with Crippen molar-refractivity contribution in [3.8, 4) is 0 Å². The molecule has 7 heteroatoms. The zero-order valence-corrected chi connectivity index (χ0v) is 8.21. The molecule has 2 N–H and O–H groups in total. The van der Waals surface area contributed by atoms with Gasteiger partial charge in [0, 0.05) is 4.88 Å². The van der Waals surface area contributed by atoms with Crippen LogP contribution in [-0.4, -0.2) is 17.8 Å². The van der Waals surface area contributed by atoms with E-state index in [1.54, 1.807) is 6.92 Å². The Morgan fingerprint density at radius 3 is 2.57 bits per heavy atom. The Balaban J connectivity index is 2.39. The minimum Gasteiger partial charge on any atom is -0.383 e. The molecule has 1 aromatic heterocycles. The van der Waals surface area contributed by atoms with Crippen molar-refractivity contribution in [3.63, 3.8) is 0 Å². The maximum atomic E-state index is 11.7. The zero-order valence-electron chi connectivity index (χ0n) is 7.39. The van der Waals surface area contributed by atoms with E-state index in [4.69, 9.17) is 5.73 Å². The van der Waals surface area contributed by atoms with Gasteiger partial charge in [0.25, 0.3) is 0 Å². The number of aryl methyl sites for hydroxylation is 1. The molecule has 0 saturated heterocycles. The van der Waals surface area contributed by atoms with Gasteiger partial charge in [0.05, 0.1) is 6.61 Å². The largest absolute Gasteiger partial charge is 0.411 e. The van der Waals surface area contributed by atoms with Crippen LogP contribution in [0.2, 0.25) is 0 Å². The number of hydrogen-bond acceptors (Lipinski definition) is 4. The molecular weight excluding hydrogens is 217 g/mol. The third kappa shape index (κ3) is 3.51. The standard InChI is InChI=1S/C7H9F3N2OS/c1-4-6(11)12-5(14-4)2-13-3-7(8,9)10/h2-3,11H2,1H3. The molecule has 80 valence electrons. The summed E-state index contributed by atoms with van der Waals surface area (Å²) in [6.07, 6.45) is -4.29. The fraction of sp³-hybridized carbons (Fsp3) is 0.571. The first-order valence-electron chi connectivity index (χ1n) is 3.75. The van der Waals surface area contributed by atoms with Gasteiger partial charge in [0.2, 0.25) is 0 Å². The number of thiazole rings is 1. The molecule has 1 aromatic rings. The maximum Gasteiger partial charge on any atom is 0.411 e. The summed E-state index contributed by atoms with van der Waals surface area (Å²) in [5, 5.41) is 0.462. The lowest BCUT2D eigenvalue weighted by molar-refractivity contribution is -0.176. The third-order valence-electron chi connectivity index (χ3n) is 1.37. The summed E-state index contributed by atoms with van der Waals surface area (Å²) in [4.78, 5) is 4.62. The molecule has 0 aliphatic rings. The van der Waals surface area contributed by atoms with Gasteiger partial charge in [0.15, 0.2) is 0 Å². The molecule has 0 aromatic carbocycles. The fourth-order valence-electron chi connectivity index (χ4n) is 0.781. The minimum absolute atomic E-state index is 0.151. The van der Waals surface area contributed by atoms with Gasteiger partial charge in [-0.25, -0.2) is 4.98 Å². The van der Waals surface area contributed by atoms with E-state index in [-0.39, 0.29) is 6.61 Å². The SMILES string of the molecule is Cc1sc(COCC(F)(F)F)nc1N. The Morgan fingerprint density at radius 1 is 1.50 bits per heavy atom. The molecule has 0 spiro atoms. The van der Waals surface area contributed by atoms with Gasteiger partial charge in [-0.2, -0.15) is 13.2 Å². The van der Waals surface area contributed by atoms with E-state index >= 15 is 0 Å². The zero-order chi connectivity index (χ0) is 10.8. The predicted molar refractivity (Wildman–Crippen MR) is 47.0 cm³/mol. The van der Waals surface area contributed by atoms with Gasteiger partial charge in [-0.1, -0.05) is 0 Å². The lowest BCUT2D eigenvalue weighted by Crippen LogP contribution is -2.16. The average molecular weight is 226 g/mol. The van der Waals surface area contributed by atoms with Crippen molar-refractivity contribution in [2.75, 3.05) is 12.3 Å². The number of nitrogens with two attached hydrogens (primary N) is 1. The summed E-state index contributed by atoms with van der Waals surface area (Å²) >= 11 is 1.24.